The van der Waals surface area contributed by atoms with Crippen LogP contribution in [0.15, 0.2) is 48.5 Å². The van der Waals surface area contributed by atoms with Crippen LogP contribution in [0.25, 0.3) is 0 Å². The van der Waals surface area contributed by atoms with Gasteiger partial charge in [0.15, 0.2) is 5.11 Å². The number of hydrogen-bond donors (Lipinski definition) is 2. The zero-order chi connectivity index (χ0) is 18.2. The summed E-state index contributed by atoms with van der Waals surface area (Å²) >= 11 is 5.44. The standard InChI is InChI=1S/C21H29N3S/c1-5-17-10-12-20(13-11-17)23-21(25)22-14-18-8-6-7-9-19(18)15-24(4)16(2)3/h6-13,16H,5,14-15H2,1-4H3,(H2,22,23,25). The van der Waals surface area contributed by atoms with E-state index in [-0.39, 0.29) is 0 Å². The number of thiocarbonyl (C=S) groups is 1. The maximum atomic E-state index is 5.44. The Hall–Kier alpha value is -1.91. The van der Waals surface area contributed by atoms with Crippen molar-refractivity contribution in [1.82, 2.24) is 10.2 Å². The molecular weight excluding hydrogens is 326 g/mol. The van der Waals surface area contributed by atoms with Gasteiger partial charge in [-0.15, -0.1) is 0 Å². The fourth-order valence-electron chi connectivity index (χ4n) is 2.51. The average Bonchev–Trinajstić information content (AvgIpc) is 2.61. The van der Waals surface area contributed by atoms with Gasteiger partial charge in [0.05, 0.1) is 0 Å². The van der Waals surface area contributed by atoms with Gasteiger partial charge in [0.25, 0.3) is 0 Å². The summed E-state index contributed by atoms with van der Waals surface area (Å²) in [5, 5.41) is 7.22. The Morgan fingerprint density at radius 3 is 2.28 bits per heavy atom. The highest BCUT2D eigenvalue weighted by Crippen LogP contribution is 2.13. The van der Waals surface area contributed by atoms with Crippen LogP contribution in [0.3, 0.4) is 0 Å². The molecule has 0 aliphatic heterocycles. The fourth-order valence-corrected chi connectivity index (χ4v) is 2.70. The molecule has 0 spiro atoms. The molecule has 0 radical (unpaired) electrons. The van der Waals surface area contributed by atoms with E-state index in [4.69, 9.17) is 12.2 Å². The van der Waals surface area contributed by atoms with E-state index in [9.17, 15) is 0 Å². The van der Waals surface area contributed by atoms with E-state index in [1.54, 1.807) is 0 Å². The van der Waals surface area contributed by atoms with E-state index in [2.05, 4.69) is 91.9 Å². The Morgan fingerprint density at radius 1 is 1.04 bits per heavy atom. The number of hydrogen-bond acceptors (Lipinski definition) is 2. The molecule has 2 aromatic rings. The van der Waals surface area contributed by atoms with Crippen LogP contribution < -0.4 is 10.6 Å². The van der Waals surface area contributed by atoms with E-state index in [0.717, 1.165) is 25.2 Å². The number of rotatable bonds is 7. The van der Waals surface area contributed by atoms with Gasteiger partial charge in [-0.1, -0.05) is 43.3 Å². The summed E-state index contributed by atoms with van der Waals surface area (Å²) in [6.45, 7) is 8.24. The third-order valence-electron chi connectivity index (χ3n) is 4.48. The normalized spacial score (nSPS) is 11.0. The molecule has 2 rings (SSSR count). The second-order valence-corrected chi connectivity index (χ2v) is 7.04. The Labute approximate surface area is 157 Å². The number of benzene rings is 2. The molecule has 0 unspecified atom stereocenters. The van der Waals surface area contributed by atoms with E-state index >= 15 is 0 Å². The maximum absolute atomic E-state index is 5.44. The van der Waals surface area contributed by atoms with Crippen molar-refractivity contribution >= 4 is 23.0 Å². The minimum absolute atomic E-state index is 0.523. The van der Waals surface area contributed by atoms with Crippen LogP contribution in [-0.2, 0) is 19.5 Å². The van der Waals surface area contributed by atoms with Crippen molar-refractivity contribution in [1.29, 1.82) is 0 Å². The first-order chi connectivity index (χ1) is 12.0. The van der Waals surface area contributed by atoms with Crippen LogP contribution >= 0.6 is 12.2 Å². The van der Waals surface area contributed by atoms with Crippen molar-refractivity contribution < 1.29 is 0 Å². The molecule has 0 atom stereocenters. The zero-order valence-electron chi connectivity index (χ0n) is 15.7. The molecule has 3 nitrogen and oxygen atoms in total. The van der Waals surface area contributed by atoms with E-state index in [1.807, 2.05) is 0 Å². The van der Waals surface area contributed by atoms with Gasteiger partial charge in [-0.05, 0) is 68.4 Å². The predicted molar refractivity (Wildman–Crippen MR) is 112 cm³/mol. The molecule has 0 amide bonds. The van der Waals surface area contributed by atoms with Crippen molar-refractivity contribution in [3.63, 3.8) is 0 Å². The van der Waals surface area contributed by atoms with Gasteiger partial charge in [0.2, 0.25) is 0 Å². The molecule has 25 heavy (non-hydrogen) atoms. The van der Waals surface area contributed by atoms with Gasteiger partial charge in [-0.3, -0.25) is 4.90 Å². The lowest BCUT2D eigenvalue weighted by Crippen LogP contribution is -2.29. The average molecular weight is 356 g/mol. The molecule has 134 valence electrons. The highest BCUT2D eigenvalue weighted by molar-refractivity contribution is 7.80. The number of anilines is 1. The molecule has 4 heteroatoms. The first kappa shape index (κ1) is 19.4. The zero-order valence-corrected chi connectivity index (χ0v) is 16.5. The van der Waals surface area contributed by atoms with Gasteiger partial charge in [0, 0.05) is 24.8 Å². The molecule has 2 N–H and O–H groups in total. The van der Waals surface area contributed by atoms with Crippen LogP contribution in [0.5, 0.6) is 0 Å². The monoisotopic (exact) mass is 355 g/mol. The van der Waals surface area contributed by atoms with Crippen molar-refractivity contribution in [3.8, 4) is 0 Å². The number of aryl methyl sites for hydroxylation is 1. The third kappa shape index (κ3) is 6.15. The Kier molecular flexibility index (Phi) is 7.41. The Bertz CT molecular complexity index is 680. The second kappa shape index (κ2) is 9.54. The minimum Gasteiger partial charge on any atom is -0.358 e. The van der Waals surface area contributed by atoms with Gasteiger partial charge in [-0.25, -0.2) is 0 Å². The Morgan fingerprint density at radius 2 is 1.68 bits per heavy atom. The van der Waals surface area contributed by atoms with Gasteiger partial charge >= 0.3 is 0 Å². The summed E-state index contributed by atoms with van der Waals surface area (Å²) < 4.78 is 0. The van der Waals surface area contributed by atoms with Crippen LogP contribution in [0.2, 0.25) is 0 Å². The van der Waals surface area contributed by atoms with E-state index < -0.39 is 0 Å². The van der Waals surface area contributed by atoms with Crippen LogP contribution in [-0.4, -0.2) is 23.1 Å². The lowest BCUT2D eigenvalue weighted by atomic mass is 10.1. The van der Waals surface area contributed by atoms with Crippen molar-refractivity contribution in [3.05, 3.63) is 65.2 Å². The first-order valence-electron chi connectivity index (χ1n) is 8.90. The molecule has 0 saturated heterocycles. The van der Waals surface area contributed by atoms with Crippen molar-refractivity contribution in [2.75, 3.05) is 12.4 Å². The van der Waals surface area contributed by atoms with Crippen LogP contribution in [0, 0.1) is 0 Å². The van der Waals surface area contributed by atoms with Crippen LogP contribution in [0.1, 0.15) is 37.5 Å². The molecule has 0 aliphatic rings. The summed E-state index contributed by atoms with van der Waals surface area (Å²) in [4.78, 5) is 2.34. The topological polar surface area (TPSA) is 27.3 Å². The minimum atomic E-state index is 0.523. The summed E-state index contributed by atoms with van der Waals surface area (Å²) in [5.41, 5.74) is 4.96. The molecule has 0 bridgehead atoms. The lowest BCUT2D eigenvalue weighted by molar-refractivity contribution is 0.265. The third-order valence-corrected chi connectivity index (χ3v) is 4.73. The smallest absolute Gasteiger partial charge is 0.171 e. The molecule has 0 fully saturated rings. The van der Waals surface area contributed by atoms with Gasteiger partial charge < -0.3 is 10.6 Å². The molecule has 0 heterocycles. The lowest BCUT2D eigenvalue weighted by Gasteiger charge is -2.23. The SMILES string of the molecule is CCc1ccc(NC(=S)NCc2ccccc2CN(C)C(C)C)cc1. The summed E-state index contributed by atoms with van der Waals surface area (Å²) in [6, 6.07) is 17.4. The number of nitrogens with zero attached hydrogens (tertiary/aromatic N) is 1. The second-order valence-electron chi connectivity index (χ2n) is 6.64. The molecule has 2 aromatic carbocycles. The van der Waals surface area contributed by atoms with E-state index in [1.165, 1.54) is 16.7 Å². The van der Waals surface area contributed by atoms with Gasteiger partial charge in [0.1, 0.15) is 0 Å². The predicted octanol–water partition coefficient (Wildman–Crippen LogP) is 4.58. The molecule has 0 aromatic heterocycles. The van der Waals surface area contributed by atoms with Crippen LogP contribution in [0.4, 0.5) is 5.69 Å². The van der Waals surface area contributed by atoms with Crippen molar-refractivity contribution in [2.24, 2.45) is 0 Å². The quantitative estimate of drug-likeness (QED) is 0.711. The fraction of sp³-hybridized carbons (Fsp3) is 0.381. The highest BCUT2D eigenvalue weighted by atomic mass is 32.1. The van der Waals surface area contributed by atoms with Gasteiger partial charge in [-0.2, -0.15) is 0 Å². The summed E-state index contributed by atoms with van der Waals surface area (Å²) in [7, 11) is 2.15. The van der Waals surface area contributed by atoms with Crippen molar-refractivity contribution in [2.45, 2.75) is 46.3 Å². The number of nitrogens with one attached hydrogen (secondary N) is 2. The first-order valence-corrected chi connectivity index (χ1v) is 9.31. The largest absolute Gasteiger partial charge is 0.358 e. The molecule has 0 aliphatic carbocycles. The molecular formula is C21H29N3S. The van der Waals surface area contributed by atoms with E-state index in [0.29, 0.717) is 11.2 Å². The molecule has 0 saturated carbocycles. The summed E-state index contributed by atoms with van der Waals surface area (Å²) in [5.74, 6) is 0. The highest BCUT2D eigenvalue weighted by Gasteiger charge is 2.08. The Balaban J connectivity index is 1.92. The summed E-state index contributed by atoms with van der Waals surface area (Å²) in [6.07, 6.45) is 1.05. The maximum Gasteiger partial charge on any atom is 0.171 e.